The molecule has 0 aliphatic rings. The lowest BCUT2D eigenvalue weighted by atomic mass is 10.2. The Morgan fingerprint density at radius 2 is 1.85 bits per heavy atom. The molecule has 0 spiro atoms. The molecule has 0 atom stereocenters. The van der Waals surface area contributed by atoms with Crippen LogP contribution in [0.15, 0.2) is 24.3 Å². The van der Waals surface area contributed by atoms with Crippen LogP contribution in [0, 0.1) is 11.3 Å². The average Bonchev–Trinajstić information content (AvgIpc) is 2.43. The monoisotopic (exact) mass is 296 g/mol. The second kappa shape index (κ2) is 8.00. The van der Waals surface area contributed by atoms with E-state index in [4.69, 9.17) is 10.4 Å². The topological polar surface area (TPSA) is 81.4 Å². The molecule has 110 valence electrons. The van der Waals surface area contributed by atoms with Gasteiger partial charge in [0.2, 0.25) is 10.0 Å². The zero-order valence-electron chi connectivity index (χ0n) is 11.6. The minimum Gasteiger partial charge on any atom is -0.396 e. The van der Waals surface area contributed by atoms with Crippen LogP contribution in [0.3, 0.4) is 0 Å². The summed E-state index contributed by atoms with van der Waals surface area (Å²) in [5.41, 5.74) is 1.19. The summed E-state index contributed by atoms with van der Waals surface area (Å²) < 4.78 is 25.6. The molecular formula is C14H20N2O3S. The van der Waals surface area contributed by atoms with Crippen molar-refractivity contribution >= 4 is 10.0 Å². The fourth-order valence-corrected chi connectivity index (χ4v) is 3.00. The average molecular weight is 296 g/mol. The van der Waals surface area contributed by atoms with Gasteiger partial charge in [0.1, 0.15) is 0 Å². The van der Waals surface area contributed by atoms with Crippen LogP contribution < -0.4 is 0 Å². The van der Waals surface area contributed by atoms with Crippen molar-refractivity contribution in [1.29, 1.82) is 5.26 Å². The van der Waals surface area contributed by atoms with Gasteiger partial charge in [-0.1, -0.05) is 12.1 Å². The Kier molecular flexibility index (Phi) is 6.65. The molecule has 0 aromatic heterocycles. The van der Waals surface area contributed by atoms with Gasteiger partial charge >= 0.3 is 0 Å². The van der Waals surface area contributed by atoms with E-state index in [-0.39, 0.29) is 12.4 Å². The van der Waals surface area contributed by atoms with Gasteiger partial charge in [-0.15, -0.1) is 0 Å². The summed E-state index contributed by atoms with van der Waals surface area (Å²) in [7, 11) is -1.76. The summed E-state index contributed by atoms with van der Waals surface area (Å²) in [6.07, 6.45) is 2.25. The number of unbranched alkanes of at least 4 members (excludes halogenated alkanes) is 2. The Hall–Kier alpha value is -1.42. The van der Waals surface area contributed by atoms with Crippen LogP contribution >= 0.6 is 0 Å². The summed E-state index contributed by atoms with van der Waals surface area (Å²) in [5, 5.41) is 17.4. The van der Waals surface area contributed by atoms with Gasteiger partial charge in [0.25, 0.3) is 0 Å². The Labute approximate surface area is 120 Å². The van der Waals surface area contributed by atoms with E-state index in [1.54, 1.807) is 31.3 Å². The molecule has 1 rings (SSSR count). The van der Waals surface area contributed by atoms with E-state index in [2.05, 4.69) is 0 Å². The maximum Gasteiger partial charge on any atom is 0.218 e. The predicted molar refractivity (Wildman–Crippen MR) is 77.3 cm³/mol. The molecule has 6 heteroatoms. The summed E-state index contributed by atoms with van der Waals surface area (Å²) in [4.78, 5) is 0. The van der Waals surface area contributed by atoms with Crippen molar-refractivity contribution in [3.8, 4) is 6.07 Å². The van der Waals surface area contributed by atoms with Crippen LogP contribution in [0.4, 0.5) is 0 Å². The van der Waals surface area contributed by atoms with Crippen LogP contribution in [0.25, 0.3) is 0 Å². The molecular weight excluding hydrogens is 276 g/mol. The maximum absolute atomic E-state index is 12.1. The van der Waals surface area contributed by atoms with Gasteiger partial charge in [-0.3, -0.25) is 0 Å². The molecule has 0 saturated carbocycles. The quantitative estimate of drug-likeness (QED) is 0.737. The number of nitriles is 1. The second-order valence-corrected chi connectivity index (χ2v) is 6.75. The van der Waals surface area contributed by atoms with Crippen LogP contribution in [0.2, 0.25) is 0 Å². The molecule has 20 heavy (non-hydrogen) atoms. The highest BCUT2D eigenvalue weighted by Gasteiger charge is 2.17. The fraction of sp³-hybridized carbons (Fsp3) is 0.500. The number of nitrogens with zero attached hydrogens (tertiary/aromatic N) is 2. The van der Waals surface area contributed by atoms with Gasteiger partial charge in [-0.05, 0) is 37.0 Å². The molecule has 0 bridgehead atoms. The number of rotatable bonds is 8. The maximum atomic E-state index is 12.1. The molecule has 0 saturated heterocycles. The van der Waals surface area contributed by atoms with Gasteiger partial charge in [0.15, 0.2) is 0 Å². The summed E-state index contributed by atoms with van der Waals surface area (Å²) in [5.74, 6) is -0.0603. The normalized spacial score (nSPS) is 11.5. The van der Waals surface area contributed by atoms with Gasteiger partial charge < -0.3 is 5.11 Å². The van der Waals surface area contributed by atoms with E-state index in [1.807, 2.05) is 6.07 Å². The van der Waals surface area contributed by atoms with Crippen LogP contribution in [0.1, 0.15) is 30.4 Å². The molecule has 1 aromatic rings. The van der Waals surface area contributed by atoms with Gasteiger partial charge in [0.05, 0.1) is 17.4 Å². The first kappa shape index (κ1) is 16.6. The van der Waals surface area contributed by atoms with E-state index < -0.39 is 10.0 Å². The van der Waals surface area contributed by atoms with Crippen molar-refractivity contribution in [1.82, 2.24) is 4.31 Å². The molecule has 1 N–H and O–H groups in total. The highest BCUT2D eigenvalue weighted by Crippen LogP contribution is 2.11. The highest BCUT2D eigenvalue weighted by molar-refractivity contribution is 7.88. The van der Waals surface area contributed by atoms with E-state index in [0.717, 1.165) is 12.8 Å². The SMILES string of the molecule is CN(CCCCCO)S(=O)(=O)Cc1ccc(C#N)cc1. The first-order valence-corrected chi connectivity index (χ1v) is 8.14. The zero-order valence-corrected chi connectivity index (χ0v) is 12.4. The Bertz CT molecular complexity index is 547. The van der Waals surface area contributed by atoms with Crippen molar-refractivity contribution in [3.63, 3.8) is 0 Å². The minimum atomic E-state index is -3.33. The van der Waals surface area contributed by atoms with Gasteiger partial charge in [0, 0.05) is 20.2 Å². The standard InChI is InChI=1S/C14H20N2O3S/c1-16(9-3-2-4-10-17)20(18,19)12-14-7-5-13(11-15)6-8-14/h5-8,17H,2-4,9-10,12H2,1H3. The van der Waals surface area contributed by atoms with E-state index in [1.165, 1.54) is 4.31 Å². The van der Waals surface area contributed by atoms with Crippen molar-refractivity contribution in [2.75, 3.05) is 20.2 Å². The van der Waals surface area contributed by atoms with Crippen LogP contribution in [-0.2, 0) is 15.8 Å². The number of sulfonamides is 1. The summed E-state index contributed by atoms with van der Waals surface area (Å²) in [6, 6.07) is 8.56. The Balaban J connectivity index is 2.57. The lowest BCUT2D eigenvalue weighted by Gasteiger charge is -2.17. The third-order valence-electron chi connectivity index (χ3n) is 3.04. The lowest BCUT2D eigenvalue weighted by Crippen LogP contribution is -2.29. The van der Waals surface area contributed by atoms with Gasteiger partial charge in [-0.25, -0.2) is 12.7 Å². The molecule has 0 radical (unpaired) electrons. The summed E-state index contributed by atoms with van der Waals surface area (Å²) in [6.45, 7) is 0.598. The molecule has 0 aliphatic heterocycles. The van der Waals surface area contributed by atoms with Crippen molar-refractivity contribution in [2.24, 2.45) is 0 Å². The number of hydrogen-bond donors (Lipinski definition) is 1. The molecule has 0 heterocycles. The van der Waals surface area contributed by atoms with Crippen molar-refractivity contribution in [2.45, 2.75) is 25.0 Å². The number of aliphatic hydroxyl groups is 1. The minimum absolute atomic E-state index is 0.0603. The van der Waals surface area contributed by atoms with Crippen LogP contribution in [0.5, 0.6) is 0 Å². The number of benzene rings is 1. The molecule has 0 aliphatic carbocycles. The third kappa shape index (κ3) is 5.29. The Morgan fingerprint density at radius 3 is 2.40 bits per heavy atom. The second-order valence-electron chi connectivity index (χ2n) is 4.67. The smallest absolute Gasteiger partial charge is 0.218 e. The third-order valence-corrected chi connectivity index (χ3v) is 4.87. The number of aliphatic hydroxyl groups excluding tert-OH is 1. The molecule has 0 fully saturated rings. The van der Waals surface area contributed by atoms with Crippen molar-refractivity contribution in [3.05, 3.63) is 35.4 Å². The largest absolute Gasteiger partial charge is 0.396 e. The Morgan fingerprint density at radius 1 is 1.20 bits per heavy atom. The molecule has 0 unspecified atom stereocenters. The van der Waals surface area contributed by atoms with E-state index in [0.29, 0.717) is 24.1 Å². The zero-order chi connectivity index (χ0) is 15.0. The molecule has 0 amide bonds. The van der Waals surface area contributed by atoms with Gasteiger partial charge in [-0.2, -0.15) is 5.26 Å². The fourth-order valence-electron chi connectivity index (χ4n) is 1.76. The molecule has 1 aromatic carbocycles. The van der Waals surface area contributed by atoms with E-state index >= 15 is 0 Å². The first-order valence-electron chi connectivity index (χ1n) is 6.53. The van der Waals surface area contributed by atoms with Crippen molar-refractivity contribution < 1.29 is 13.5 Å². The van der Waals surface area contributed by atoms with E-state index in [9.17, 15) is 8.42 Å². The highest BCUT2D eigenvalue weighted by atomic mass is 32.2. The first-order chi connectivity index (χ1) is 9.49. The lowest BCUT2D eigenvalue weighted by molar-refractivity contribution is 0.281. The molecule has 5 nitrogen and oxygen atoms in total. The van der Waals surface area contributed by atoms with Crippen LogP contribution in [-0.4, -0.2) is 38.0 Å². The number of hydrogen-bond acceptors (Lipinski definition) is 4. The summed E-state index contributed by atoms with van der Waals surface area (Å²) >= 11 is 0. The predicted octanol–water partition coefficient (Wildman–Crippen LogP) is 1.48.